The number of benzene rings is 10. The van der Waals surface area contributed by atoms with Gasteiger partial charge in [-0.1, -0.05) is 188 Å². The molecule has 0 atom stereocenters. The number of nitrogens with zero attached hydrogens (tertiary/aromatic N) is 1. The lowest BCUT2D eigenvalue weighted by atomic mass is 9.67. The molecule has 1 heterocycles. The fourth-order valence-electron chi connectivity index (χ4n) is 11.9. The highest BCUT2D eigenvalue weighted by atomic mass is 16.6. The molecule has 0 bridgehead atoms. The standard InChI is InChI=1S/C62H39NO2/c1-4-18-40(19-5-1)61(41-20-6-2-7-21-41)50-28-14-10-26-47(50)48-34-32-43(38-55(48)61)63(42-22-8-3-9-23-42)44-33-36-56-58(39-44)64-57-37-35-54-59(60(57)65-56)49-27-13-17-31-53(49)62(54)51-29-15-11-24-45(51)46-25-12-16-30-52(46)62/h1-39H. The van der Waals surface area contributed by atoms with Crippen LogP contribution < -0.4 is 14.4 Å². The van der Waals surface area contributed by atoms with Gasteiger partial charge < -0.3 is 14.4 Å². The van der Waals surface area contributed by atoms with E-state index in [1.165, 1.54) is 72.3 Å². The Balaban J connectivity index is 0.918. The monoisotopic (exact) mass is 829 g/mol. The van der Waals surface area contributed by atoms with Gasteiger partial charge in [0.25, 0.3) is 0 Å². The van der Waals surface area contributed by atoms with Crippen molar-refractivity contribution < 1.29 is 9.47 Å². The van der Waals surface area contributed by atoms with Crippen molar-refractivity contribution in [2.24, 2.45) is 0 Å². The lowest BCUT2D eigenvalue weighted by Crippen LogP contribution is -2.28. The number of ether oxygens (including phenoxy) is 2. The van der Waals surface area contributed by atoms with E-state index in [-0.39, 0.29) is 0 Å². The van der Waals surface area contributed by atoms with E-state index in [0.717, 1.165) is 28.4 Å². The molecule has 0 N–H and O–H groups in total. The first-order chi connectivity index (χ1) is 32.2. The van der Waals surface area contributed by atoms with Crippen LogP contribution in [0.1, 0.15) is 44.5 Å². The molecular formula is C62H39NO2. The Morgan fingerprint density at radius 3 is 1.35 bits per heavy atom. The van der Waals surface area contributed by atoms with Crippen LogP contribution in [0.3, 0.4) is 0 Å². The predicted molar refractivity (Wildman–Crippen MR) is 261 cm³/mol. The maximum Gasteiger partial charge on any atom is 0.178 e. The smallest absolute Gasteiger partial charge is 0.178 e. The van der Waals surface area contributed by atoms with Crippen molar-refractivity contribution in [3.05, 3.63) is 281 Å². The van der Waals surface area contributed by atoms with Crippen LogP contribution in [0.15, 0.2) is 237 Å². The number of fused-ring (bicyclic) bond motifs is 16. The largest absolute Gasteiger partial charge is 0.449 e. The lowest BCUT2D eigenvalue weighted by Gasteiger charge is -2.35. The molecule has 14 rings (SSSR count). The highest BCUT2D eigenvalue weighted by Crippen LogP contribution is 2.66. The van der Waals surface area contributed by atoms with Gasteiger partial charge >= 0.3 is 0 Å². The third-order valence-corrected chi connectivity index (χ3v) is 14.4. The van der Waals surface area contributed by atoms with E-state index in [2.05, 4.69) is 241 Å². The first-order valence-corrected chi connectivity index (χ1v) is 22.4. The second-order valence-corrected chi connectivity index (χ2v) is 17.5. The second kappa shape index (κ2) is 13.6. The van der Waals surface area contributed by atoms with Crippen molar-refractivity contribution in [3.8, 4) is 56.4 Å². The van der Waals surface area contributed by atoms with Crippen molar-refractivity contribution in [1.29, 1.82) is 0 Å². The minimum Gasteiger partial charge on any atom is -0.449 e. The van der Waals surface area contributed by atoms with Gasteiger partial charge in [0.15, 0.2) is 23.0 Å². The molecule has 0 amide bonds. The molecule has 304 valence electrons. The fraction of sp³-hybridized carbons (Fsp3) is 0.0323. The molecule has 1 spiro atoms. The molecule has 0 saturated heterocycles. The average molecular weight is 830 g/mol. The third kappa shape index (κ3) is 4.79. The summed E-state index contributed by atoms with van der Waals surface area (Å²) < 4.78 is 14.1. The molecule has 0 fully saturated rings. The van der Waals surface area contributed by atoms with Gasteiger partial charge in [-0.15, -0.1) is 0 Å². The van der Waals surface area contributed by atoms with Gasteiger partial charge in [0, 0.05) is 23.0 Å². The normalized spacial score (nSPS) is 14.3. The number of anilines is 3. The summed E-state index contributed by atoms with van der Waals surface area (Å²) in [6, 6.07) is 85.8. The van der Waals surface area contributed by atoms with E-state index in [9.17, 15) is 0 Å². The van der Waals surface area contributed by atoms with Crippen LogP contribution in [0, 0.1) is 0 Å². The Bertz CT molecular complexity index is 3470. The molecule has 10 aromatic rings. The molecule has 0 aromatic heterocycles. The Labute approximate surface area is 378 Å². The highest BCUT2D eigenvalue weighted by Gasteiger charge is 2.53. The van der Waals surface area contributed by atoms with E-state index in [0.29, 0.717) is 17.2 Å². The molecule has 3 heteroatoms. The van der Waals surface area contributed by atoms with Crippen LogP contribution in [0.2, 0.25) is 0 Å². The van der Waals surface area contributed by atoms with E-state index in [1.807, 2.05) is 0 Å². The topological polar surface area (TPSA) is 21.7 Å². The number of rotatable bonds is 5. The molecule has 0 saturated carbocycles. The Morgan fingerprint density at radius 1 is 0.277 bits per heavy atom. The van der Waals surface area contributed by atoms with Crippen molar-refractivity contribution in [2.75, 3.05) is 4.90 Å². The van der Waals surface area contributed by atoms with Gasteiger partial charge in [-0.25, -0.2) is 0 Å². The second-order valence-electron chi connectivity index (χ2n) is 17.5. The number of hydrogen-bond acceptors (Lipinski definition) is 3. The zero-order valence-electron chi connectivity index (χ0n) is 35.3. The molecule has 65 heavy (non-hydrogen) atoms. The maximum absolute atomic E-state index is 7.08. The summed E-state index contributed by atoms with van der Waals surface area (Å²) in [5.74, 6) is 2.82. The van der Waals surface area contributed by atoms with E-state index >= 15 is 0 Å². The fourth-order valence-corrected chi connectivity index (χ4v) is 11.9. The Morgan fingerprint density at radius 2 is 0.738 bits per heavy atom. The zero-order chi connectivity index (χ0) is 42.7. The summed E-state index contributed by atoms with van der Waals surface area (Å²) in [5.41, 5.74) is 19.5. The van der Waals surface area contributed by atoms with Gasteiger partial charge in [0.1, 0.15) is 0 Å². The molecule has 4 aliphatic rings. The maximum atomic E-state index is 7.08. The highest BCUT2D eigenvalue weighted by molar-refractivity contribution is 5.98. The van der Waals surface area contributed by atoms with Crippen LogP contribution in [0.4, 0.5) is 17.1 Å². The molecule has 3 aliphatic carbocycles. The van der Waals surface area contributed by atoms with Gasteiger partial charge in [-0.2, -0.15) is 0 Å². The SMILES string of the molecule is c1ccc(N(c2ccc3c(c2)Oc2ccc4c(c2O3)-c2ccccc2C42c3ccccc3-c3ccccc32)c2ccc3c(c2)C(c2ccccc2)(c2ccccc2)c2ccccc2-3)cc1. The van der Waals surface area contributed by atoms with Gasteiger partial charge in [-0.05, 0) is 115 Å². The molecule has 10 aromatic carbocycles. The lowest BCUT2D eigenvalue weighted by molar-refractivity contribution is 0.360. The Hall–Kier alpha value is -8.40. The first-order valence-electron chi connectivity index (χ1n) is 22.4. The number of para-hydroxylation sites is 1. The summed E-state index contributed by atoms with van der Waals surface area (Å²) in [6.45, 7) is 0. The van der Waals surface area contributed by atoms with Gasteiger partial charge in [0.05, 0.1) is 16.5 Å². The zero-order valence-corrected chi connectivity index (χ0v) is 35.3. The third-order valence-electron chi connectivity index (χ3n) is 14.4. The summed E-state index contributed by atoms with van der Waals surface area (Å²) >= 11 is 0. The van der Waals surface area contributed by atoms with Crippen LogP contribution in [-0.2, 0) is 10.8 Å². The molecule has 0 radical (unpaired) electrons. The van der Waals surface area contributed by atoms with Crippen molar-refractivity contribution >= 4 is 17.1 Å². The van der Waals surface area contributed by atoms with Crippen LogP contribution >= 0.6 is 0 Å². The predicted octanol–water partition coefficient (Wildman–Crippen LogP) is 15.8. The van der Waals surface area contributed by atoms with Crippen LogP contribution in [-0.4, -0.2) is 0 Å². The summed E-state index contributed by atoms with van der Waals surface area (Å²) in [6.07, 6.45) is 0. The van der Waals surface area contributed by atoms with Crippen molar-refractivity contribution in [2.45, 2.75) is 10.8 Å². The molecular weight excluding hydrogens is 791 g/mol. The van der Waals surface area contributed by atoms with Crippen molar-refractivity contribution in [1.82, 2.24) is 0 Å². The summed E-state index contributed by atoms with van der Waals surface area (Å²) in [7, 11) is 0. The molecule has 0 unspecified atom stereocenters. The molecule has 1 aliphatic heterocycles. The average Bonchev–Trinajstić information content (AvgIpc) is 3.97. The number of hydrogen-bond donors (Lipinski definition) is 0. The first kappa shape index (κ1) is 36.1. The summed E-state index contributed by atoms with van der Waals surface area (Å²) in [4.78, 5) is 2.33. The van der Waals surface area contributed by atoms with E-state index in [4.69, 9.17) is 9.47 Å². The quantitative estimate of drug-likeness (QED) is 0.172. The van der Waals surface area contributed by atoms with E-state index in [1.54, 1.807) is 0 Å². The minimum atomic E-state index is -0.524. The van der Waals surface area contributed by atoms with Gasteiger partial charge in [0.2, 0.25) is 0 Å². The summed E-state index contributed by atoms with van der Waals surface area (Å²) in [5, 5.41) is 0. The molecule has 3 nitrogen and oxygen atoms in total. The Kier molecular flexibility index (Phi) is 7.53. The van der Waals surface area contributed by atoms with Gasteiger partial charge in [-0.3, -0.25) is 0 Å². The van der Waals surface area contributed by atoms with Crippen molar-refractivity contribution in [3.63, 3.8) is 0 Å². The van der Waals surface area contributed by atoms with Crippen LogP contribution in [0.5, 0.6) is 23.0 Å². The van der Waals surface area contributed by atoms with Crippen LogP contribution in [0.25, 0.3) is 33.4 Å². The van der Waals surface area contributed by atoms with E-state index < -0.39 is 10.8 Å². The minimum absolute atomic E-state index is 0.465.